The van der Waals surface area contributed by atoms with Crippen molar-refractivity contribution in [2.24, 2.45) is 0 Å². The number of nitrogens with one attached hydrogen (secondary N) is 1. The number of carbonyl (C=O) groups is 1. The van der Waals surface area contributed by atoms with Gasteiger partial charge in [-0.1, -0.05) is 18.2 Å². The molecule has 1 atom stereocenters. The van der Waals surface area contributed by atoms with E-state index in [0.717, 1.165) is 27.8 Å². The summed E-state index contributed by atoms with van der Waals surface area (Å²) < 4.78 is 16.4. The Kier molecular flexibility index (Phi) is 7.34. The number of fused-ring (bicyclic) bond motifs is 1. The zero-order valence-corrected chi connectivity index (χ0v) is 20.3. The van der Waals surface area contributed by atoms with Crippen LogP contribution in [0.2, 0.25) is 0 Å². The second-order valence-corrected chi connectivity index (χ2v) is 8.73. The fourth-order valence-electron chi connectivity index (χ4n) is 3.55. The average molecular weight is 479 g/mol. The molecule has 9 heteroatoms. The lowest BCUT2D eigenvalue weighted by atomic mass is 10.1. The van der Waals surface area contributed by atoms with Crippen molar-refractivity contribution >= 4 is 27.5 Å². The number of rotatable bonds is 9. The lowest BCUT2D eigenvalue weighted by Crippen LogP contribution is -2.26. The number of aromatic nitrogens is 3. The smallest absolute Gasteiger partial charge is 0.262 e. The summed E-state index contributed by atoms with van der Waals surface area (Å²) in [5.41, 5.74) is 2.77. The summed E-state index contributed by atoms with van der Waals surface area (Å²) in [5.74, 6) is 1.54. The van der Waals surface area contributed by atoms with Gasteiger partial charge in [0.15, 0.2) is 5.82 Å². The summed E-state index contributed by atoms with van der Waals surface area (Å²) in [6.45, 7) is 4.55. The molecule has 0 radical (unpaired) electrons. The molecule has 0 aliphatic heterocycles. The van der Waals surface area contributed by atoms with Gasteiger partial charge in [0.1, 0.15) is 23.8 Å². The summed E-state index contributed by atoms with van der Waals surface area (Å²) in [6, 6.07) is 11.4. The van der Waals surface area contributed by atoms with Crippen molar-refractivity contribution in [1.82, 2.24) is 20.3 Å². The van der Waals surface area contributed by atoms with Gasteiger partial charge in [-0.25, -0.2) is 4.98 Å². The van der Waals surface area contributed by atoms with Gasteiger partial charge in [-0.3, -0.25) is 9.78 Å². The van der Waals surface area contributed by atoms with Gasteiger partial charge in [0.2, 0.25) is 5.88 Å². The van der Waals surface area contributed by atoms with Crippen molar-refractivity contribution in [3.63, 3.8) is 0 Å². The molecule has 0 aliphatic rings. The molecule has 34 heavy (non-hydrogen) atoms. The van der Waals surface area contributed by atoms with Crippen LogP contribution in [0.3, 0.4) is 0 Å². The first-order chi connectivity index (χ1) is 16.5. The highest BCUT2D eigenvalue weighted by Crippen LogP contribution is 2.35. The Balaban J connectivity index is 1.46. The van der Waals surface area contributed by atoms with Crippen molar-refractivity contribution in [3.8, 4) is 11.6 Å². The van der Waals surface area contributed by atoms with E-state index in [1.54, 1.807) is 26.6 Å². The lowest BCUT2D eigenvalue weighted by Gasteiger charge is -2.15. The molecule has 1 unspecified atom stereocenters. The highest BCUT2D eigenvalue weighted by molar-refractivity contribution is 7.20. The minimum absolute atomic E-state index is 0.166. The number of methoxy groups -OCH3 is 2. The maximum Gasteiger partial charge on any atom is 0.262 e. The first-order valence-corrected chi connectivity index (χ1v) is 11.6. The van der Waals surface area contributed by atoms with E-state index in [1.165, 1.54) is 11.3 Å². The Morgan fingerprint density at radius 3 is 2.59 bits per heavy atom. The number of thiophene rings is 1. The highest BCUT2D eigenvalue weighted by Gasteiger charge is 2.22. The van der Waals surface area contributed by atoms with Gasteiger partial charge in [-0.05, 0) is 43.2 Å². The summed E-state index contributed by atoms with van der Waals surface area (Å²) in [5, 5.41) is 3.83. The van der Waals surface area contributed by atoms with Gasteiger partial charge in [-0.2, -0.15) is 4.98 Å². The molecule has 0 aliphatic carbocycles. The highest BCUT2D eigenvalue weighted by atomic mass is 32.1. The Morgan fingerprint density at radius 2 is 1.91 bits per heavy atom. The standard InChI is InChI=1S/C25H26N4O4S/c1-15-21-24(32-4)28-20(14-31-3)29-25(21)34-22(15)23(30)27-16(2)18-7-9-19(10-8-18)33-13-17-6-5-11-26-12-17/h5-12,16H,13-14H2,1-4H3,(H,27,30). The van der Waals surface area contributed by atoms with Crippen LogP contribution in [0.1, 0.15) is 45.2 Å². The minimum Gasteiger partial charge on any atom is -0.489 e. The molecule has 3 aromatic heterocycles. The fraction of sp³-hybridized carbons (Fsp3) is 0.280. The van der Waals surface area contributed by atoms with Gasteiger partial charge in [0.25, 0.3) is 5.91 Å². The molecule has 0 bridgehead atoms. The van der Waals surface area contributed by atoms with Crippen molar-refractivity contribution in [3.05, 3.63) is 76.2 Å². The predicted octanol–water partition coefficient (Wildman–Crippen LogP) is 4.62. The van der Waals surface area contributed by atoms with Crippen LogP contribution in [-0.4, -0.2) is 35.1 Å². The van der Waals surface area contributed by atoms with E-state index in [0.29, 0.717) is 28.0 Å². The zero-order chi connectivity index (χ0) is 24.1. The van der Waals surface area contributed by atoms with Gasteiger partial charge < -0.3 is 19.5 Å². The maximum absolute atomic E-state index is 13.1. The monoisotopic (exact) mass is 478 g/mol. The second-order valence-electron chi connectivity index (χ2n) is 7.73. The lowest BCUT2D eigenvalue weighted by molar-refractivity contribution is 0.0943. The van der Waals surface area contributed by atoms with E-state index >= 15 is 0 Å². The Hall–Kier alpha value is -3.56. The third kappa shape index (κ3) is 5.16. The van der Waals surface area contributed by atoms with Crippen molar-refractivity contribution < 1.29 is 19.0 Å². The molecule has 0 spiro atoms. The third-order valence-electron chi connectivity index (χ3n) is 5.33. The minimum atomic E-state index is -0.193. The van der Waals surface area contributed by atoms with E-state index < -0.39 is 0 Å². The first-order valence-electron chi connectivity index (χ1n) is 10.8. The second kappa shape index (κ2) is 10.6. The molecule has 1 aromatic carbocycles. The van der Waals surface area contributed by atoms with Crippen LogP contribution in [0.5, 0.6) is 11.6 Å². The van der Waals surface area contributed by atoms with Crippen LogP contribution in [0, 0.1) is 6.92 Å². The van der Waals surface area contributed by atoms with E-state index in [1.807, 2.05) is 50.2 Å². The quantitative estimate of drug-likeness (QED) is 0.375. The molecular formula is C25H26N4O4S. The fourth-order valence-corrected chi connectivity index (χ4v) is 4.64. The number of amides is 1. The SMILES string of the molecule is COCc1nc(OC)c2c(C)c(C(=O)NC(C)c3ccc(OCc4cccnc4)cc3)sc2n1. The van der Waals surface area contributed by atoms with E-state index in [-0.39, 0.29) is 18.6 Å². The number of hydrogen-bond acceptors (Lipinski definition) is 8. The number of nitrogens with zero attached hydrogens (tertiary/aromatic N) is 3. The van der Waals surface area contributed by atoms with Gasteiger partial charge in [0.05, 0.1) is 23.4 Å². The summed E-state index contributed by atoms with van der Waals surface area (Å²) in [4.78, 5) is 27.4. The normalized spacial score (nSPS) is 11.9. The molecule has 1 amide bonds. The molecule has 0 saturated heterocycles. The van der Waals surface area contributed by atoms with Gasteiger partial charge in [-0.15, -0.1) is 11.3 Å². The van der Waals surface area contributed by atoms with Crippen LogP contribution in [0.25, 0.3) is 10.2 Å². The molecule has 0 saturated carbocycles. The number of ether oxygens (including phenoxy) is 3. The van der Waals surface area contributed by atoms with Crippen molar-refractivity contribution in [1.29, 1.82) is 0 Å². The Morgan fingerprint density at radius 1 is 1.12 bits per heavy atom. The molecule has 3 heterocycles. The van der Waals surface area contributed by atoms with Crippen LogP contribution >= 0.6 is 11.3 Å². The maximum atomic E-state index is 13.1. The molecule has 176 valence electrons. The van der Waals surface area contributed by atoms with Gasteiger partial charge >= 0.3 is 0 Å². The number of benzene rings is 1. The largest absolute Gasteiger partial charge is 0.489 e. The average Bonchev–Trinajstić information content (AvgIpc) is 3.19. The van der Waals surface area contributed by atoms with Crippen LogP contribution in [-0.2, 0) is 18.0 Å². The number of carbonyl (C=O) groups excluding carboxylic acids is 1. The summed E-state index contributed by atoms with van der Waals surface area (Å²) in [7, 11) is 3.14. The zero-order valence-electron chi connectivity index (χ0n) is 19.5. The van der Waals surface area contributed by atoms with Crippen molar-refractivity contribution in [2.75, 3.05) is 14.2 Å². The topological polar surface area (TPSA) is 95.5 Å². The Labute approximate surface area is 201 Å². The summed E-state index contributed by atoms with van der Waals surface area (Å²) in [6.07, 6.45) is 3.51. The number of hydrogen-bond donors (Lipinski definition) is 1. The Bertz CT molecular complexity index is 1280. The molecule has 4 aromatic rings. The van der Waals surface area contributed by atoms with Crippen LogP contribution in [0.15, 0.2) is 48.8 Å². The number of pyridine rings is 1. The van der Waals surface area contributed by atoms with Crippen LogP contribution < -0.4 is 14.8 Å². The van der Waals surface area contributed by atoms with E-state index in [4.69, 9.17) is 14.2 Å². The third-order valence-corrected chi connectivity index (χ3v) is 6.52. The molecule has 8 nitrogen and oxygen atoms in total. The predicted molar refractivity (Wildman–Crippen MR) is 130 cm³/mol. The molecule has 0 fully saturated rings. The molecule has 4 rings (SSSR count). The molecule has 1 N–H and O–H groups in total. The van der Waals surface area contributed by atoms with E-state index in [9.17, 15) is 4.79 Å². The summed E-state index contributed by atoms with van der Waals surface area (Å²) >= 11 is 1.32. The van der Waals surface area contributed by atoms with Gasteiger partial charge in [0, 0.05) is 25.1 Å². The molecular weight excluding hydrogens is 452 g/mol. The first kappa shape index (κ1) is 23.6. The van der Waals surface area contributed by atoms with E-state index in [2.05, 4.69) is 20.3 Å². The number of aryl methyl sites for hydroxylation is 1. The van der Waals surface area contributed by atoms with Crippen LogP contribution in [0.4, 0.5) is 0 Å². The van der Waals surface area contributed by atoms with Crippen molar-refractivity contribution in [2.45, 2.75) is 33.1 Å².